The second-order valence-electron chi connectivity index (χ2n) is 5.09. The quantitative estimate of drug-likeness (QED) is 0.844. The van der Waals surface area contributed by atoms with E-state index < -0.39 is 10.0 Å². The van der Waals surface area contributed by atoms with Gasteiger partial charge in [0.1, 0.15) is 0 Å². The Labute approximate surface area is 116 Å². The molecule has 108 valence electrons. The number of benzene rings is 1. The van der Waals surface area contributed by atoms with Gasteiger partial charge in [0.25, 0.3) is 0 Å². The molecule has 0 bridgehead atoms. The molecule has 1 aromatic rings. The van der Waals surface area contributed by atoms with E-state index >= 15 is 0 Å². The van der Waals surface area contributed by atoms with Crippen molar-refractivity contribution in [3.8, 4) is 0 Å². The molecule has 0 saturated carbocycles. The summed E-state index contributed by atoms with van der Waals surface area (Å²) in [5, 5.41) is 0. The van der Waals surface area contributed by atoms with E-state index in [1.54, 1.807) is 0 Å². The summed E-state index contributed by atoms with van der Waals surface area (Å²) in [6.07, 6.45) is 1.18. The van der Waals surface area contributed by atoms with Gasteiger partial charge in [0.15, 0.2) is 0 Å². The molecule has 1 aromatic carbocycles. The van der Waals surface area contributed by atoms with Crippen molar-refractivity contribution in [1.82, 2.24) is 9.62 Å². The van der Waals surface area contributed by atoms with Crippen LogP contribution < -0.4 is 9.62 Å². The molecule has 0 fully saturated rings. The van der Waals surface area contributed by atoms with Gasteiger partial charge in [-0.1, -0.05) is 12.1 Å². The lowest BCUT2D eigenvalue weighted by molar-refractivity contribution is 0.299. The van der Waals surface area contributed by atoms with Gasteiger partial charge in [-0.25, -0.2) is 13.1 Å². The van der Waals surface area contributed by atoms with E-state index in [0.717, 1.165) is 11.3 Å². The largest absolute Gasteiger partial charge is 0.378 e. The molecule has 0 aliphatic heterocycles. The van der Waals surface area contributed by atoms with Crippen molar-refractivity contribution in [2.75, 3.05) is 45.9 Å². The normalized spacial score (nSPS) is 13.6. The van der Waals surface area contributed by atoms with E-state index in [9.17, 15) is 8.42 Å². The molecule has 0 heterocycles. The van der Waals surface area contributed by atoms with Gasteiger partial charge in [-0.15, -0.1) is 0 Å². The number of hydrogen-bond acceptors (Lipinski definition) is 4. The zero-order chi connectivity index (χ0) is 14.6. The van der Waals surface area contributed by atoms with Crippen molar-refractivity contribution in [3.05, 3.63) is 29.8 Å². The van der Waals surface area contributed by atoms with Crippen molar-refractivity contribution in [2.24, 2.45) is 0 Å². The van der Waals surface area contributed by atoms with Gasteiger partial charge >= 0.3 is 0 Å². The number of sulfonamides is 1. The fraction of sp³-hybridized carbons (Fsp3) is 0.538. The van der Waals surface area contributed by atoms with Crippen LogP contribution in [-0.2, 0) is 10.0 Å². The Morgan fingerprint density at radius 1 is 1.11 bits per heavy atom. The minimum Gasteiger partial charge on any atom is -0.378 e. The number of likely N-dealkylation sites (N-methyl/N-ethyl adjacent to an activating group) is 1. The van der Waals surface area contributed by atoms with Crippen LogP contribution in [0.4, 0.5) is 5.69 Å². The number of anilines is 1. The molecule has 0 saturated heterocycles. The Hall–Kier alpha value is -1.11. The lowest BCUT2D eigenvalue weighted by Gasteiger charge is -2.25. The van der Waals surface area contributed by atoms with E-state index in [2.05, 4.69) is 4.72 Å². The molecule has 0 aliphatic carbocycles. The van der Waals surface area contributed by atoms with Gasteiger partial charge in [-0.2, -0.15) is 0 Å². The Bertz CT molecular complexity index is 495. The molecule has 5 nitrogen and oxygen atoms in total. The molecule has 1 rings (SSSR count). The van der Waals surface area contributed by atoms with Crippen molar-refractivity contribution in [3.63, 3.8) is 0 Å². The topological polar surface area (TPSA) is 52.7 Å². The Morgan fingerprint density at radius 2 is 1.63 bits per heavy atom. The highest BCUT2D eigenvalue weighted by molar-refractivity contribution is 7.88. The highest BCUT2D eigenvalue weighted by Gasteiger charge is 2.16. The molecule has 0 amide bonds. The Morgan fingerprint density at radius 3 is 2.00 bits per heavy atom. The standard InChI is InChI=1S/C13H23N3O2S/c1-15(2)12-8-6-11(7-9-12)13(16(3)4)10-14-19(5,17)18/h6-9,13-14H,10H2,1-5H3/t13-/m0/s1. The SMILES string of the molecule is CN(C)c1ccc([C@H](CNS(C)(=O)=O)N(C)C)cc1. The minimum atomic E-state index is -3.17. The summed E-state index contributed by atoms with van der Waals surface area (Å²) in [6, 6.07) is 8.15. The van der Waals surface area contributed by atoms with Gasteiger partial charge in [0.05, 0.1) is 6.26 Å². The number of nitrogens with zero attached hydrogens (tertiary/aromatic N) is 2. The van der Waals surface area contributed by atoms with E-state index in [4.69, 9.17) is 0 Å². The summed E-state index contributed by atoms with van der Waals surface area (Å²) < 4.78 is 25.0. The monoisotopic (exact) mass is 285 g/mol. The Kier molecular flexibility index (Phi) is 5.34. The minimum absolute atomic E-state index is 0.0194. The fourth-order valence-corrected chi connectivity index (χ4v) is 2.28. The first-order chi connectivity index (χ1) is 8.70. The van der Waals surface area contributed by atoms with Crippen molar-refractivity contribution < 1.29 is 8.42 Å². The predicted octanol–water partition coefficient (Wildman–Crippen LogP) is 0.905. The lowest BCUT2D eigenvalue weighted by atomic mass is 10.1. The van der Waals surface area contributed by atoms with Crippen molar-refractivity contribution in [1.29, 1.82) is 0 Å². The average Bonchev–Trinajstić information content (AvgIpc) is 2.27. The van der Waals surface area contributed by atoms with Crippen LogP contribution in [0, 0.1) is 0 Å². The Balaban J connectivity index is 2.87. The molecule has 1 N–H and O–H groups in total. The summed E-state index contributed by atoms with van der Waals surface area (Å²) in [5.41, 5.74) is 2.21. The molecule has 0 unspecified atom stereocenters. The van der Waals surface area contributed by atoms with Crippen LogP contribution in [0.25, 0.3) is 0 Å². The first-order valence-electron chi connectivity index (χ1n) is 6.09. The molecule has 0 aliphatic rings. The van der Waals surface area contributed by atoms with Crippen LogP contribution in [-0.4, -0.2) is 54.3 Å². The summed E-state index contributed by atoms with van der Waals surface area (Å²) >= 11 is 0. The highest BCUT2D eigenvalue weighted by atomic mass is 32.2. The third kappa shape index (κ3) is 5.18. The molecule has 0 spiro atoms. The van der Waals surface area contributed by atoms with E-state index in [1.807, 2.05) is 62.3 Å². The second-order valence-corrected chi connectivity index (χ2v) is 6.92. The van der Waals surface area contributed by atoms with Crippen LogP contribution in [0.3, 0.4) is 0 Å². The van der Waals surface area contributed by atoms with Crippen LogP contribution in [0.15, 0.2) is 24.3 Å². The summed E-state index contributed by atoms with van der Waals surface area (Å²) in [6.45, 7) is 0.368. The third-order valence-electron chi connectivity index (χ3n) is 2.96. The van der Waals surface area contributed by atoms with E-state index in [1.165, 1.54) is 6.26 Å². The maximum absolute atomic E-state index is 11.2. The highest BCUT2D eigenvalue weighted by Crippen LogP contribution is 2.21. The first kappa shape index (κ1) is 15.9. The number of nitrogens with one attached hydrogen (secondary N) is 1. The summed E-state index contributed by atoms with van der Waals surface area (Å²) in [7, 11) is 4.69. The van der Waals surface area contributed by atoms with Crippen LogP contribution in [0.2, 0.25) is 0 Å². The van der Waals surface area contributed by atoms with Crippen molar-refractivity contribution >= 4 is 15.7 Å². The molecular formula is C13H23N3O2S. The summed E-state index contributed by atoms with van der Waals surface area (Å²) in [4.78, 5) is 4.03. The van der Waals surface area contributed by atoms with Gasteiger partial charge in [0, 0.05) is 32.4 Å². The lowest BCUT2D eigenvalue weighted by Crippen LogP contribution is -2.33. The molecular weight excluding hydrogens is 262 g/mol. The van der Waals surface area contributed by atoms with Crippen LogP contribution in [0.5, 0.6) is 0 Å². The van der Waals surface area contributed by atoms with Gasteiger partial charge in [0.2, 0.25) is 10.0 Å². The third-order valence-corrected chi connectivity index (χ3v) is 3.65. The molecule has 6 heteroatoms. The second kappa shape index (κ2) is 6.36. The van der Waals surface area contributed by atoms with Gasteiger partial charge in [-0.05, 0) is 31.8 Å². The van der Waals surface area contributed by atoms with Crippen LogP contribution >= 0.6 is 0 Å². The zero-order valence-corrected chi connectivity index (χ0v) is 13.0. The maximum atomic E-state index is 11.2. The first-order valence-corrected chi connectivity index (χ1v) is 7.98. The van der Waals surface area contributed by atoms with Gasteiger partial charge in [-0.3, -0.25) is 0 Å². The average molecular weight is 285 g/mol. The number of rotatable bonds is 6. The number of hydrogen-bond donors (Lipinski definition) is 1. The zero-order valence-electron chi connectivity index (χ0n) is 12.2. The predicted molar refractivity (Wildman–Crippen MR) is 80.0 cm³/mol. The fourth-order valence-electron chi connectivity index (χ4n) is 1.82. The molecule has 0 aromatic heterocycles. The maximum Gasteiger partial charge on any atom is 0.208 e. The van der Waals surface area contributed by atoms with Crippen molar-refractivity contribution in [2.45, 2.75) is 6.04 Å². The van der Waals surface area contributed by atoms with Crippen LogP contribution in [0.1, 0.15) is 11.6 Å². The van der Waals surface area contributed by atoms with E-state index in [0.29, 0.717) is 6.54 Å². The molecule has 0 radical (unpaired) electrons. The van der Waals surface area contributed by atoms with Gasteiger partial charge < -0.3 is 9.80 Å². The van der Waals surface area contributed by atoms with E-state index in [-0.39, 0.29) is 6.04 Å². The summed E-state index contributed by atoms with van der Waals surface area (Å²) in [5.74, 6) is 0. The molecule has 19 heavy (non-hydrogen) atoms. The smallest absolute Gasteiger partial charge is 0.208 e. The molecule has 1 atom stereocenters.